The molecule has 0 aliphatic heterocycles. The van der Waals surface area contributed by atoms with E-state index in [1.54, 1.807) is 30.6 Å². The van der Waals surface area contributed by atoms with Gasteiger partial charge in [0.1, 0.15) is 5.52 Å². The lowest BCUT2D eigenvalue weighted by molar-refractivity contribution is 0.315. The predicted octanol–water partition coefficient (Wildman–Crippen LogP) is 2.91. The van der Waals surface area contributed by atoms with E-state index in [0.717, 1.165) is 16.5 Å². The maximum Gasteiger partial charge on any atom is 0.153 e. The standard InChI is InChI=1S/C15H10N4O2S/c20-22(14-6-2-5-13-15(14)18-21-17-13)19-12-4-1-3-10-9-16-8-7-11(10)12/h1-9,19H. The third kappa shape index (κ3) is 2.11. The van der Waals surface area contributed by atoms with Crippen LogP contribution < -0.4 is 4.72 Å². The number of anilines is 1. The summed E-state index contributed by atoms with van der Waals surface area (Å²) in [7, 11) is -1.48. The minimum Gasteiger partial charge on any atom is -0.300 e. The summed E-state index contributed by atoms with van der Waals surface area (Å²) in [6.45, 7) is 0. The molecule has 0 saturated carbocycles. The van der Waals surface area contributed by atoms with Gasteiger partial charge in [0.25, 0.3) is 0 Å². The highest BCUT2D eigenvalue weighted by Crippen LogP contribution is 2.25. The fourth-order valence-electron chi connectivity index (χ4n) is 2.30. The summed E-state index contributed by atoms with van der Waals surface area (Å²) in [5.41, 5.74) is 1.84. The first-order chi connectivity index (χ1) is 10.8. The molecule has 0 spiro atoms. The second kappa shape index (κ2) is 5.19. The molecule has 2 aromatic carbocycles. The van der Waals surface area contributed by atoms with E-state index in [9.17, 15) is 4.21 Å². The zero-order chi connectivity index (χ0) is 14.9. The highest BCUT2D eigenvalue weighted by molar-refractivity contribution is 7.86. The average molecular weight is 310 g/mol. The Balaban J connectivity index is 1.76. The fraction of sp³-hybridized carbons (Fsp3) is 0. The molecule has 1 N–H and O–H groups in total. The van der Waals surface area contributed by atoms with E-state index in [4.69, 9.17) is 4.63 Å². The van der Waals surface area contributed by atoms with Crippen molar-refractivity contribution in [1.29, 1.82) is 0 Å². The molecule has 0 saturated heterocycles. The van der Waals surface area contributed by atoms with Crippen LogP contribution in [0.4, 0.5) is 5.69 Å². The smallest absolute Gasteiger partial charge is 0.153 e. The van der Waals surface area contributed by atoms with Gasteiger partial charge < -0.3 is 4.72 Å². The van der Waals surface area contributed by atoms with Crippen molar-refractivity contribution in [1.82, 2.24) is 15.3 Å². The number of rotatable bonds is 3. The van der Waals surface area contributed by atoms with Crippen molar-refractivity contribution in [2.45, 2.75) is 4.90 Å². The van der Waals surface area contributed by atoms with Crippen LogP contribution >= 0.6 is 0 Å². The van der Waals surface area contributed by atoms with Gasteiger partial charge in [0.2, 0.25) is 0 Å². The molecule has 0 amide bonds. The van der Waals surface area contributed by atoms with Crippen LogP contribution in [-0.2, 0) is 11.0 Å². The van der Waals surface area contributed by atoms with Crippen molar-refractivity contribution < 1.29 is 8.84 Å². The molecule has 7 heteroatoms. The largest absolute Gasteiger partial charge is 0.300 e. The lowest BCUT2D eigenvalue weighted by Gasteiger charge is -2.09. The summed E-state index contributed by atoms with van der Waals surface area (Å²) in [6.07, 6.45) is 3.48. The second-order valence-electron chi connectivity index (χ2n) is 4.66. The van der Waals surface area contributed by atoms with Crippen molar-refractivity contribution in [2.24, 2.45) is 0 Å². The van der Waals surface area contributed by atoms with Gasteiger partial charge in [-0.2, -0.15) is 0 Å². The molecule has 1 atom stereocenters. The number of fused-ring (bicyclic) bond motifs is 2. The van der Waals surface area contributed by atoms with Crippen LogP contribution in [0.1, 0.15) is 0 Å². The topological polar surface area (TPSA) is 80.9 Å². The quantitative estimate of drug-likeness (QED) is 0.629. The lowest BCUT2D eigenvalue weighted by Crippen LogP contribution is -2.05. The number of hydrogen-bond donors (Lipinski definition) is 1. The van der Waals surface area contributed by atoms with E-state index in [1.807, 2.05) is 24.3 Å². The van der Waals surface area contributed by atoms with Gasteiger partial charge in [0.15, 0.2) is 16.5 Å². The van der Waals surface area contributed by atoms with Crippen LogP contribution in [0, 0.1) is 0 Å². The van der Waals surface area contributed by atoms with Crippen molar-refractivity contribution in [3.8, 4) is 0 Å². The van der Waals surface area contributed by atoms with Crippen molar-refractivity contribution >= 4 is 38.5 Å². The van der Waals surface area contributed by atoms with Gasteiger partial charge in [-0.25, -0.2) is 8.84 Å². The summed E-state index contributed by atoms with van der Waals surface area (Å²) in [5, 5.41) is 9.51. The summed E-state index contributed by atoms with van der Waals surface area (Å²) in [4.78, 5) is 4.62. The van der Waals surface area contributed by atoms with E-state index in [-0.39, 0.29) is 0 Å². The van der Waals surface area contributed by atoms with Crippen LogP contribution in [0.5, 0.6) is 0 Å². The van der Waals surface area contributed by atoms with Gasteiger partial charge in [-0.1, -0.05) is 18.2 Å². The Kier molecular flexibility index (Phi) is 3.05. The molecule has 1 unspecified atom stereocenters. The zero-order valence-electron chi connectivity index (χ0n) is 11.3. The number of pyridine rings is 1. The minimum atomic E-state index is -1.48. The molecular weight excluding hydrogens is 300 g/mol. The van der Waals surface area contributed by atoms with E-state index in [2.05, 4.69) is 20.0 Å². The molecule has 0 aliphatic carbocycles. The van der Waals surface area contributed by atoms with Crippen LogP contribution in [0.3, 0.4) is 0 Å². The molecule has 0 radical (unpaired) electrons. The van der Waals surface area contributed by atoms with Crippen LogP contribution in [-0.4, -0.2) is 19.5 Å². The van der Waals surface area contributed by atoms with Gasteiger partial charge in [0, 0.05) is 23.2 Å². The Hall–Kier alpha value is -2.80. The fourth-order valence-corrected chi connectivity index (χ4v) is 3.30. The first kappa shape index (κ1) is 12.9. The molecule has 6 nitrogen and oxygen atoms in total. The summed E-state index contributed by atoms with van der Waals surface area (Å²) in [6, 6.07) is 12.9. The predicted molar refractivity (Wildman–Crippen MR) is 83.6 cm³/mol. The third-order valence-corrected chi connectivity index (χ3v) is 4.47. The first-order valence-electron chi connectivity index (χ1n) is 6.55. The number of aromatic nitrogens is 3. The Morgan fingerprint density at radius 2 is 1.95 bits per heavy atom. The Labute approximate surface area is 127 Å². The molecule has 108 valence electrons. The normalized spacial score (nSPS) is 12.5. The number of benzene rings is 2. The van der Waals surface area contributed by atoms with Gasteiger partial charge in [-0.3, -0.25) is 4.98 Å². The summed E-state index contributed by atoms with van der Waals surface area (Å²) >= 11 is 0. The van der Waals surface area contributed by atoms with Gasteiger partial charge in [-0.05, 0) is 34.6 Å². The van der Waals surface area contributed by atoms with Gasteiger partial charge in [-0.15, -0.1) is 0 Å². The summed E-state index contributed by atoms with van der Waals surface area (Å²) < 4.78 is 20.4. The number of hydrogen-bond acceptors (Lipinski definition) is 5. The van der Waals surface area contributed by atoms with E-state index in [0.29, 0.717) is 15.9 Å². The highest BCUT2D eigenvalue weighted by Gasteiger charge is 2.13. The molecule has 4 aromatic rings. The first-order valence-corrected chi connectivity index (χ1v) is 7.70. The van der Waals surface area contributed by atoms with Crippen LogP contribution in [0.2, 0.25) is 0 Å². The van der Waals surface area contributed by atoms with E-state index < -0.39 is 11.0 Å². The maximum absolute atomic E-state index is 12.6. The highest BCUT2D eigenvalue weighted by atomic mass is 32.2. The Morgan fingerprint density at radius 3 is 2.91 bits per heavy atom. The number of nitrogens with zero attached hydrogens (tertiary/aromatic N) is 3. The molecule has 0 fully saturated rings. The molecule has 22 heavy (non-hydrogen) atoms. The maximum atomic E-state index is 12.6. The molecule has 2 aromatic heterocycles. The minimum absolute atomic E-state index is 0.496. The van der Waals surface area contributed by atoms with Crippen molar-refractivity contribution in [3.05, 3.63) is 54.9 Å². The zero-order valence-corrected chi connectivity index (χ0v) is 12.1. The van der Waals surface area contributed by atoms with E-state index >= 15 is 0 Å². The van der Waals surface area contributed by atoms with Gasteiger partial charge >= 0.3 is 0 Å². The second-order valence-corrected chi connectivity index (χ2v) is 5.84. The monoisotopic (exact) mass is 310 g/mol. The van der Waals surface area contributed by atoms with Crippen molar-refractivity contribution in [3.63, 3.8) is 0 Å². The van der Waals surface area contributed by atoms with Gasteiger partial charge in [0.05, 0.1) is 10.6 Å². The lowest BCUT2D eigenvalue weighted by atomic mass is 10.1. The van der Waals surface area contributed by atoms with Crippen LogP contribution in [0.25, 0.3) is 21.8 Å². The molecule has 4 rings (SSSR count). The van der Waals surface area contributed by atoms with Crippen molar-refractivity contribution in [2.75, 3.05) is 4.72 Å². The molecule has 0 bridgehead atoms. The van der Waals surface area contributed by atoms with Crippen LogP contribution in [0.15, 0.2) is 64.4 Å². The number of nitrogens with one attached hydrogen (secondary N) is 1. The molecule has 2 heterocycles. The summed E-state index contributed by atoms with van der Waals surface area (Å²) in [5.74, 6) is 0. The SMILES string of the molecule is O=S(Nc1cccc2cnccc12)c1cccc2nonc12. The Morgan fingerprint density at radius 1 is 1.05 bits per heavy atom. The molecule has 0 aliphatic rings. The molecular formula is C15H10N4O2S. The Bertz CT molecular complexity index is 994. The van der Waals surface area contributed by atoms with E-state index in [1.165, 1.54) is 0 Å². The average Bonchev–Trinajstić information content (AvgIpc) is 3.03. The third-order valence-electron chi connectivity index (χ3n) is 3.33.